The van der Waals surface area contributed by atoms with Gasteiger partial charge in [0.15, 0.2) is 0 Å². The summed E-state index contributed by atoms with van der Waals surface area (Å²) >= 11 is 0. The van der Waals surface area contributed by atoms with E-state index in [0.29, 0.717) is 13.0 Å². The maximum atomic E-state index is 12.1. The largest absolute Gasteiger partial charge is 0.467 e. The molecule has 0 spiro atoms. The van der Waals surface area contributed by atoms with Crippen molar-refractivity contribution in [3.05, 3.63) is 35.9 Å². The fourth-order valence-corrected chi connectivity index (χ4v) is 2.99. The third-order valence-electron chi connectivity index (χ3n) is 3.99. The van der Waals surface area contributed by atoms with Crippen LogP contribution < -0.4 is 0 Å². The van der Waals surface area contributed by atoms with Gasteiger partial charge in [0.05, 0.1) is 26.4 Å². The molecule has 0 aromatic heterocycles. The quantitative estimate of drug-likeness (QED) is 0.777. The number of amides is 1. The summed E-state index contributed by atoms with van der Waals surface area (Å²) < 4.78 is 15.5. The standard InChI is InChI=1S/C15H17NO5/c1-19-13(17)15-9-20-8-12(16(15)14(18)21-10-15)7-11-5-3-2-4-6-11/h2-6,12H,7-10H2,1H3/t12-,15+/m0/s1. The number of morpholine rings is 1. The first kappa shape index (κ1) is 13.9. The average molecular weight is 291 g/mol. The zero-order valence-electron chi connectivity index (χ0n) is 11.8. The highest BCUT2D eigenvalue weighted by atomic mass is 16.6. The number of carbonyl (C=O) groups is 2. The fourth-order valence-electron chi connectivity index (χ4n) is 2.99. The van der Waals surface area contributed by atoms with Gasteiger partial charge in [0.2, 0.25) is 5.54 Å². The molecular weight excluding hydrogens is 274 g/mol. The Hall–Kier alpha value is -2.08. The lowest BCUT2D eigenvalue weighted by molar-refractivity contribution is -0.164. The van der Waals surface area contributed by atoms with Gasteiger partial charge in [-0.15, -0.1) is 0 Å². The van der Waals surface area contributed by atoms with Crippen molar-refractivity contribution in [2.75, 3.05) is 26.9 Å². The molecule has 2 atom stereocenters. The number of fused-ring (bicyclic) bond motifs is 1. The molecule has 112 valence electrons. The molecule has 0 unspecified atom stereocenters. The number of benzene rings is 1. The van der Waals surface area contributed by atoms with Crippen LogP contribution in [-0.2, 0) is 25.4 Å². The predicted molar refractivity (Wildman–Crippen MR) is 72.7 cm³/mol. The number of cyclic esters (lactones) is 1. The van der Waals surface area contributed by atoms with Crippen molar-refractivity contribution in [1.29, 1.82) is 0 Å². The highest BCUT2D eigenvalue weighted by Crippen LogP contribution is 2.33. The van der Waals surface area contributed by atoms with Crippen LogP contribution >= 0.6 is 0 Å². The maximum absolute atomic E-state index is 12.1. The van der Waals surface area contributed by atoms with Gasteiger partial charge in [-0.2, -0.15) is 0 Å². The van der Waals surface area contributed by atoms with Crippen LogP contribution in [0, 0.1) is 0 Å². The normalized spacial score (nSPS) is 28.0. The summed E-state index contributed by atoms with van der Waals surface area (Å²) in [6.45, 7) is 0.462. The summed E-state index contributed by atoms with van der Waals surface area (Å²) in [7, 11) is 1.30. The molecular formula is C15H17NO5. The number of ether oxygens (including phenoxy) is 3. The second-order valence-corrected chi connectivity index (χ2v) is 5.31. The van der Waals surface area contributed by atoms with E-state index in [1.54, 1.807) is 0 Å². The highest BCUT2D eigenvalue weighted by Gasteiger charge is 2.59. The van der Waals surface area contributed by atoms with Crippen molar-refractivity contribution < 1.29 is 23.8 Å². The molecule has 1 amide bonds. The van der Waals surface area contributed by atoms with Crippen LogP contribution in [0.5, 0.6) is 0 Å². The molecule has 0 bridgehead atoms. The number of nitrogens with zero attached hydrogens (tertiary/aromatic N) is 1. The van der Waals surface area contributed by atoms with E-state index in [1.165, 1.54) is 12.0 Å². The van der Waals surface area contributed by atoms with Gasteiger partial charge in [-0.25, -0.2) is 9.59 Å². The third kappa shape index (κ3) is 2.25. The summed E-state index contributed by atoms with van der Waals surface area (Å²) in [5.74, 6) is -0.494. The Balaban J connectivity index is 1.88. The van der Waals surface area contributed by atoms with E-state index in [9.17, 15) is 9.59 Å². The number of hydrogen-bond donors (Lipinski definition) is 0. The molecule has 1 aromatic rings. The second kappa shape index (κ2) is 5.37. The number of esters is 1. The molecule has 21 heavy (non-hydrogen) atoms. The van der Waals surface area contributed by atoms with Gasteiger partial charge in [-0.1, -0.05) is 30.3 Å². The summed E-state index contributed by atoms with van der Waals surface area (Å²) in [5.41, 5.74) is -0.0738. The molecule has 1 aromatic carbocycles. The number of rotatable bonds is 3. The van der Waals surface area contributed by atoms with Crippen LogP contribution in [0.3, 0.4) is 0 Å². The molecule has 2 heterocycles. The molecule has 2 fully saturated rings. The summed E-state index contributed by atoms with van der Waals surface area (Å²) in [6.07, 6.45) is 0.124. The maximum Gasteiger partial charge on any atom is 0.411 e. The minimum atomic E-state index is -1.15. The van der Waals surface area contributed by atoms with E-state index in [4.69, 9.17) is 14.2 Å². The van der Waals surface area contributed by atoms with Crippen molar-refractivity contribution in [2.45, 2.75) is 18.0 Å². The number of hydrogen-bond acceptors (Lipinski definition) is 5. The molecule has 0 N–H and O–H groups in total. The molecule has 0 aliphatic carbocycles. The molecule has 0 saturated carbocycles. The molecule has 6 heteroatoms. The van der Waals surface area contributed by atoms with E-state index in [-0.39, 0.29) is 19.3 Å². The number of methoxy groups -OCH3 is 1. The fraction of sp³-hybridized carbons (Fsp3) is 0.467. The zero-order chi connectivity index (χ0) is 14.9. The lowest BCUT2D eigenvalue weighted by atomic mass is 9.94. The van der Waals surface area contributed by atoms with Crippen LogP contribution in [0.15, 0.2) is 30.3 Å². The molecule has 2 aliphatic heterocycles. The first-order valence-electron chi connectivity index (χ1n) is 6.83. The van der Waals surface area contributed by atoms with Crippen LogP contribution in [0.1, 0.15) is 5.56 Å². The van der Waals surface area contributed by atoms with Crippen molar-refractivity contribution in [2.24, 2.45) is 0 Å². The average Bonchev–Trinajstić information content (AvgIpc) is 2.87. The van der Waals surface area contributed by atoms with Crippen molar-refractivity contribution in [1.82, 2.24) is 4.90 Å². The molecule has 3 rings (SSSR count). The first-order valence-corrected chi connectivity index (χ1v) is 6.83. The highest BCUT2D eigenvalue weighted by molar-refractivity contribution is 5.89. The topological polar surface area (TPSA) is 65.1 Å². The first-order chi connectivity index (χ1) is 10.2. The van der Waals surface area contributed by atoms with Crippen LogP contribution in [0.4, 0.5) is 4.79 Å². The Kier molecular flexibility index (Phi) is 3.55. The Morgan fingerprint density at radius 3 is 2.86 bits per heavy atom. The summed E-state index contributed by atoms with van der Waals surface area (Å²) in [5, 5.41) is 0. The van der Waals surface area contributed by atoms with Crippen LogP contribution in [0.25, 0.3) is 0 Å². The Morgan fingerprint density at radius 2 is 2.14 bits per heavy atom. The predicted octanol–water partition coefficient (Wildman–Crippen LogP) is 0.992. The lowest BCUT2D eigenvalue weighted by Gasteiger charge is -2.42. The van der Waals surface area contributed by atoms with Crippen molar-refractivity contribution >= 4 is 12.1 Å². The number of carbonyl (C=O) groups excluding carboxylic acids is 2. The molecule has 6 nitrogen and oxygen atoms in total. The van der Waals surface area contributed by atoms with Gasteiger partial charge in [0, 0.05) is 0 Å². The van der Waals surface area contributed by atoms with E-state index in [2.05, 4.69) is 0 Å². The molecule has 2 aliphatic rings. The van der Waals surface area contributed by atoms with E-state index >= 15 is 0 Å². The van der Waals surface area contributed by atoms with Gasteiger partial charge in [-0.3, -0.25) is 4.90 Å². The zero-order valence-corrected chi connectivity index (χ0v) is 11.8. The van der Waals surface area contributed by atoms with Crippen molar-refractivity contribution in [3.63, 3.8) is 0 Å². The van der Waals surface area contributed by atoms with Crippen molar-refractivity contribution in [3.8, 4) is 0 Å². The Morgan fingerprint density at radius 1 is 1.38 bits per heavy atom. The molecule has 2 saturated heterocycles. The smallest absolute Gasteiger partial charge is 0.411 e. The lowest BCUT2D eigenvalue weighted by Crippen LogP contribution is -2.65. The monoisotopic (exact) mass is 291 g/mol. The summed E-state index contributed by atoms with van der Waals surface area (Å²) in [6, 6.07) is 9.54. The van der Waals surface area contributed by atoms with Gasteiger partial charge in [0.25, 0.3) is 0 Å². The van der Waals surface area contributed by atoms with E-state index < -0.39 is 17.6 Å². The second-order valence-electron chi connectivity index (χ2n) is 5.31. The third-order valence-corrected chi connectivity index (χ3v) is 3.99. The molecule has 0 radical (unpaired) electrons. The van der Waals surface area contributed by atoms with E-state index in [1.807, 2.05) is 30.3 Å². The summed E-state index contributed by atoms with van der Waals surface area (Å²) in [4.78, 5) is 25.7. The van der Waals surface area contributed by atoms with Gasteiger partial charge in [0.1, 0.15) is 6.61 Å². The minimum Gasteiger partial charge on any atom is -0.467 e. The van der Waals surface area contributed by atoms with Gasteiger partial charge >= 0.3 is 12.1 Å². The van der Waals surface area contributed by atoms with E-state index in [0.717, 1.165) is 5.56 Å². The Labute approximate surface area is 122 Å². The van der Waals surface area contributed by atoms with Crippen LogP contribution in [0.2, 0.25) is 0 Å². The minimum absolute atomic E-state index is 0.0240. The van der Waals surface area contributed by atoms with Crippen LogP contribution in [-0.4, -0.2) is 55.5 Å². The van der Waals surface area contributed by atoms with Gasteiger partial charge in [-0.05, 0) is 12.0 Å². The van der Waals surface area contributed by atoms with Gasteiger partial charge < -0.3 is 14.2 Å². The SMILES string of the molecule is COC(=O)[C@]12COC[C@H](Cc3ccccc3)N1C(=O)OC2. The Bertz CT molecular complexity index is 546.